The van der Waals surface area contributed by atoms with E-state index in [0.717, 1.165) is 0 Å². The maximum atomic E-state index is 11.5. The number of rotatable bonds is 7. The average Bonchev–Trinajstić information content (AvgIpc) is 2.25. The number of carbonyl (C=O) groups is 2. The normalized spacial score (nSPS) is 12.3. The van der Waals surface area contributed by atoms with E-state index in [4.69, 9.17) is 5.73 Å². The molecule has 5 N–H and O–H groups in total. The molecular weight excluding hydrogens is 208 g/mol. The molecule has 0 aliphatic carbocycles. The summed E-state index contributed by atoms with van der Waals surface area (Å²) < 4.78 is 0. The largest absolute Gasteiger partial charge is 0.358 e. The molecule has 0 fully saturated rings. The molecule has 0 spiro atoms. The first-order valence-corrected chi connectivity index (χ1v) is 5.44. The molecule has 0 rings (SSSR count). The fourth-order valence-electron chi connectivity index (χ4n) is 1.26. The van der Waals surface area contributed by atoms with Gasteiger partial charge in [-0.25, -0.2) is 0 Å². The lowest BCUT2D eigenvalue weighted by Gasteiger charge is -2.20. The predicted octanol–water partition coefficient (Wildman–Crippen LogP) is -1.58. The van der Waals surface area contributed by atoms with Crippen LogP contribution in [0, 0.1) is 5.92 Å². The molecule has 0 aromatic heterocycles. The Morgan fingerprint density at radius 3 is 2.38 bits per heavy atom. The highest BCUT2D eigenvalue weighted by atomic mass is 16.2. The summed E-state index contributed by atoms with van der Waals surface area (Å²) in [7, 11) is 1.58. The maximum absolute atomic E-state index is 11.5. The number of likely N-dealkylation sites (N-methyl/N-ethyl adjacent to an activating group) is 1. The van der Waals surface area contributed by atoms with Gasteiger partial charge >= 0.3 is 0 Å². The van der Waals surface area contributed by atoms with E-state index in [1.165, 1.54) is 0 Å². The molecule has 0 heterocycles. The SMILES string of the molecule is CNC(=O)C(NCC(=O)NCCN)C(C)C. The number of nitrogens with two attached hydrogens (primary N) is 1. The van der Waals surface area contributed by atoms with E-state index < -0.39 is 0 Å². The molecule has 1 atom stereocenters. The molecule has 0 aromatic carbocycles. The fourth-order valence-corrected chi connectivity index (χ4v) is 1.26. The van der Waals surface area contributed by atoms with Gasteiger partial charge in [0.15, 0.2) is 0 Å². The van der Waals surface area contributed by atoms with E-state index >= 15 is 0 Å². The quantitative estimate of drug-likeness (QED) is 0.424. The van der Waals surface area contributed by atoms with Gasteiger partial charge in [0.05, 0.1) is 12.6 Å². The number of nitrogens with one attached hydrogen (secondary N) is 3. The highest BCUT2D eigenvalue weighted by Gasteiger charge is 2.20. The van der Waals surface area contributed by atoms with Crippen molar-refractivity contribution in [3.8, 4) is 0 Å². The Labute approximate surface area is 96.3 Å². The summed E-state index contributed by atoms with van der Waals surface area (Å²) in [5.41, 5.74) is 5.25. The predicted molar refractivity (Wildman–Crippen MR) is 62.8 cm³/mol. The van der Waals surface area contributed by atoms with Crippen molar-refractivity contribution in [1.29, 1.82) is 0 Å². The minimum Gasteiger partial charge on any atom is -0.358 e. The van der Waals surface area contributed by atoms with Crippen molar-refractivity contribution in [3.05, 3.63) is 0 Å². The van der Waals surface area contributed by atoms with E-state index in [0.29, 0.717) is 13.1 Å². The van der Waals surface area contributed by atoms with Gasteiger partial charge in [-0.15, -0.1) is 0 Å². The van der Waals surface area contributed by atoms with Crippen molar-refractivity contribution in [3.63, 3.8) is 0 Å². The van der Waals surface area contributed by atoms with Crippen LogP contribution in [-0.2, 0) is 9.59 Å². The first-order chi connectivity index (χ1) is 7.52. The van der Waals surface area contributed by atoms with Gasteiger partial charge < -0.3 is 16.4 Å². The van der Waals surface area contributed by atoms with E-state index in [2.05, 4.69) is 16.0 Å². The van der Waals surface area contributed by atoms with E-state index in [-0.39, 0.29) is 30.3 Å². The smallest absolute Gasteiger partial charge is 0.237 e. The summed E-state index contributed by atoms with van der Waals surface area (Å²) in [5, 5.41) is 8.10. The minimum absolute atomic E-state index is 0.110. The van der Waals surface area contributed by atoms with Crippen molar-refractivity contribution in [2.75, 3.05) is 26.7 Å². The second-order valence-electron chi connectivity index (χ2n) is 3.86. The molecule has 0 saturated carbocycles. The Bertz CT molecular complexity index is 231. The van der Waals surface area contributed by atoms with Crippen LogP contribution in [0.15, 0.2) is 0 Å². The van der Waals surface area contributed by atoms with Gasteiger partial charge in [0.1, 0.15) is 0 Å². The lowest BCUT2D eigenvalue weighted by molar-refractivity contribution is -0.124. The Hall–Kier alpha value is -1.14. The summed E-state index contributed by atoms with van der Waals surface area (Å²) in [4.78, 5) is 22.7. The molecule has 2 amide bonds. The average molecular weight is 230 g/mol. The van der Waals surface area contributed by atoms with Crippen LogP contribution in [0.4, 0.5) is 0 Å². The third-order valence-electron chi connectivity index (χ3n) is 2.14. The van der Waals surface area contributed by atoms with Gasteiger partial charge in [-0.2, -0.15) is 0 Å². The fraction of sp³-hybridized carbons (Fsp3) is 0.800. The molecule has 0 radical (unpaired) electrons. The van der Waals surface area contributed by atoms with Gasteiger partial charge in [0, 0.05) is 20.1 Å². The van der Waals surface area contributed by atoms with Crippen LogP contribution in [0.1, 0.15) is 13.8 Å². The first kappa shape index (κ1) is 14.9. The van der Waals surface area contributed by atoms with E-state index in [1.54, 1.807) is 7.05 Å². The molecule has 6 nitrogen and oxygen atoms in total. The Morgan fingerprint density at radius 1 is 1.31 bits per heavy atom. The number of hydrogen-bond donors (Lipinski definition) is 4. The third-order valence-corrected chi connectivity index (χ3v) is 2.14. The van der Waals surface area contributed by atoms with Crippen molar-refractivity contribution >= 4 is 11.8 Å². The zero-order valence-electron chi connectivity index (χ0n) is 10.2. The minimum atomic E-state index is -0.353. The molecule has 0 aliphatic rings. The second kappa shape index (κ2) is 8.06. The summed E-state index contributed by atoms with van der Waals surface area (Å²) >= 11 is 0. The van der Waals surface area contributed by atoms with Gasteiger partial charge in [-0.05, 0) is 5.92 Å². The van der Waals surface area contributed by atoms with E-state index in [1.807, 2.05) is 13.8 Å². The molecule has 16 heavy (non-hydrogen) atoms. The van der Waals surface area contributed by atoms with Gasteiger partial charge in [-0.3, -0.25) is 14.9 Å². The van der Waals surface area contributed by atoms with Crippen LogP contribution in [0.2, 0.25) is 0 Å². The molecule has 0 bridgehead atoms. The van der Waals surface area contributed by atoms with Crippen molar-refractivity contribution in [2.24, 2.45) is 11.7 Å². The second-order valence-corrected chi connectivity index (χ2v) is 3.86. The summed E-state index contributed by atoms with van der Waals surface area (Å²) in [6.07, 6.45) is 0. The lowest BCUT2D eigenvalue weighted by atomic mass is 10.0. The number of amides is 2. The molecule has 1 unspecified atom stereocenters. The van der Waals surface area contributed by atoms with E-state index in [9.17, 15) is 9.59 Å². The van der Waals surface area contributed by atoms with Crippen molar-refractivity contribution < 1.29 is 9.59 Å². The van der Waals surface area contributed by atoms with Gasteiger partial charge in [0.25, 0.3) is 0 Å². The molecular formula is C10H22N4O2. The zero-order valence-corrected chi connectivity index (χ0v) is 10.2. The zero-order chi connectivity index (χ0) is 12.6. The topological polar surface area (TPSA) is 96.2 Å². The monoisotopic (exact) mass is 230 g/mol. The molecule has 0 aliphatic heterocycles. The van der Waals surface area contributed by atoms with Crippen LogP contribution in [-0.4, -0.2) is 44.5 Å². The highest BCUT2D eigenvalue weighted by molar-refractivity contribution is 5.83. The Balaban J connectivity index is 4.02. The van der Waals surface area contributed by atoms with Gasteiger partial charge in [0.2, 0.25) is 11.8 Å². The maximum Gasteiger partial charge on any atom is 0.237 e. The van der Waals surface area contributed by atoms with Crippen LogP contribution in [0.5, 0.6) is 0 Å². The Kier molecular flexibility index (Phi) is 7.49. The molecule has 0 aromatic rings. The van der Waals surface area contributed by atoms with Crippen molar-refractivity contribution in [1.82, 2.24) is 16.0 Å². The van der Waals surface area contributed by atoms with Crippen LogP contribution < -0.4 is 21.7 Å². The van der Waals surface area contributed by atoms with Crippen LogP contribution in [0.25, 0.3) is 0 Å². The third kappa shape index (κ3) is 5.67. The molecule has 6 heteroatoms. The number of carbonyl (C=O) groups excluding carboxylic acids is 2. The lowest BCUT2D eigenvalue weighted by Crippen LogP contribution is -2.49. The number of hydrogen-bond acceptors (Lipinski definition) is 4. The standard InChI is InChI=1S/C10H22N4O2/c1-7(2)9(10(16)12-3)14-6-8(15)13-5-4-11/h7,9,14H,4-6,11H2,1-3H3,(H,12,16)(H,13,15). The Morgan fingerprint density at radius 2 is 1.94 bits per heavy atom. The molecule has 0 saturated heterocycles. The van der Waals surface area contributed by atoms with Crippen LogP contribution >= 0.6 is 0 Å². The van der Waals surface area contributed by atoms with Crippen molar-refractivity contribution in [2.45, 2.75) is 19.9 Å². The summed E-state index contributed by atoms with van der Waals surface area (Å²) in [6, 6.07) is -0.353. The summed E-state index contributed by atoms with van der Waals surface area (Å²) in [6.45, 7) is 4.83. The summed E-state index contributed by atoms with van der Waals surface area (Å²) in [5.74, 6) is -0.135. The highest BCUT2D eigenvalue weighted by Crippen LogP contribution is 2.00. The van der Waals surface area contributed by atoms with Crippen LogP contribution in [0.3, 0.4) is 0 Å². The first-order valence-electron chi connectivity index (χ1n) is 5.44. The molecule has 94 valence electrons. The van der Waals surface area contributed by atoms with Gasteiger partial charge in [-0.1, -0.05) is 13.8 Å².